The van der Waals surface area contributed by atoms with Crippen molar-refractivity contribution in [2.45, 2.75) is 20.0 Å². The van der Waals surface area contributed by atoms with Gasteiger partial charge in [0, 0.05) is 11.3 Å². The number of amides is 1. The second-order valence-corrected chi connectivity index (χ2v) is 7.10. The van der Waals surface area contributed by atoms with Gasteiger partial charge in [-0.25, -0.2) is 14.4 Å². The van der Waals surface area contributed by atoms with Crippen molar-refractivity contribution in [2.75, 3.05) is 5.32 Å². The summed E-state index contributed by atoms with van der Waals surface area (Å²) in [5, 5.41) is 2.68. The number of hydrogen-bond donors (Lipinski definition) is 2. The van der Waals surface area contributed by atoms with E-state index >= 15 is 0 Å². The molecule has 4 aromatic rings. The minimum absolute atomic E-state index is 0.144. The number of para-hydroxylation sites is 1. The Balaban J connectivity index is 1.78. The summed E-state index contributed by atoms with van der Waals surface area (Å²) in [6.45, 7) is 3.66. The summed E-state index contributed by atoms with van der Waals surface area (Å²) >= 11 is 0. The number of carbonyl (C=O) groups excluding carboxylic acids is 1. The van der Waals surface area contributed by atoms with Gasteiger partial charge in [0.2, 0.25) is 0 Å². The number of hydrogen-bond acceptors (Lipinski definition) is 3. The number of aryl methyl sites for hydroxylation is 2. The zero-order valence-electron chi connectivity index (χ0n) is 16.4. The highest BCUT2D eigenvalue weighted by atomic mass is 19.4. The van der Waals surface area contributed by atoms with Gasteiger partial charge in [-0.3, -0.25) is 4.79 Å². The molecule has 0 aliphatic carbocycles. The van der Waals surface area contributed by atoms with Crippen LogP contribution in [0.2, 0.25) is 0 Å². The first-order valence-corrected chi connectivity index (χ1v) is 9.24. The summed E-state index contributed by atoms with van der Waals surface area (Å²) in [6, 6.07) is 10.4. The van der Waals surface area contributed by atoms with Gasteiger partial charge in [-0.15, -0.1) is 0 Å². The van der Waals surface area contributed by atoms with Crippen LogP contribution in [0.5, 0.6) is 0 Å². The van der Waals surface area contributed by atoms with E-state index in [0.29, 0.717) is 17.4 Å². The Hall–Kier alpha value is -3.75. The van der Waals surface area contributed by atoms with Gasteiger partial charge in [0.05, 0.1) is 16.6 Å². The summed E-state index contributed by atoms with van der Waals surface area (Å²) in [6.07, 6.45) is -4.70. The standard InChI is InChI=1S/C22H16F4N4O/c1-11-8-12(2)27-18(9-11)29-21(31)14-4-3-5-17-19(14)30-20(28-17)15-10-13(23)6-7-16(15)22(24,25)26/h3-10H,1-2H3,(H,28,30)(H,27,29,31). The number of imidazole rings is 1. The van der Waals surface area contributed by atoms with Crippen molar-refractivity contribution in [3.8, 4) is 11.4 Å². The third-order valence-corrected chi connectivity index (χ3v) is 4.64. The molecule has 0 bridgehead atoms. The van der Waals surface area contributed by atoms with Gasteiger partial charge < -0.3 is 10.3 Å². The fourth-order valence-electron chi connectivity index (χ4n) is 3.39. The van der Waals surface area contributed by atoms with Crippen LogP contribution in [0.1, 0.15) is 27.2 Å². The molecule has 2 N–H and O–H groups in total. The lowest BCUT2D eigenvalue weighted by Crippen LogP contribution is -2.14. The van der Waals surface area contributed by atoms with Crippen molar-refractivity contribution in [1.29, 1.82) is 0 Å². The van der Waals surface area contributed by atoms with Crippen molar-refractivity contribution in [3.63, 3.8) is 0 Å². The molecule has 2 aromatic heterocycles. The number of H-pyrrole nitrogens is 1. The van der Waals surface area contributed by atoms with E-state index in [-0.39, 0.29) is 16.9 Å². The molecule has 4 rings (SSSR count). The van der Waals surface area contributed by atoms with Crippen LogP contribution in [0.15, 0.2) is 48.5 Å². The highest BCUT2D eigenvalue weighted by Crippen LogP contribution is 2.37. The number of pyridine rings is 1. The predicted octanol–water partition coefficient (Wildman–Crippen LogP) is 5.65. The van der Waals surface area contributed by atoms with Crippen LogP contribution < -0.4 is 5.32 Å². The zero-order valence-corrected chi connectivity index (χ0v) is 16.4. The number of anilines is 1. The molecule has 0 spiro atoms. The maximum absolute atomic E-state index is 13.7. The van der Waals surface area contributed by atoms with Gasteiger partial charge in [0.15, 0.2) is 0 Å². The smallest absolute Gasteiger partial charge is 0.338 e. The van der Waals surface area contributed by atoms with Crippen LogP contribution in [-0.2, 0) is 6.18 Å². The first kappa shape index (κ1) is 20.5. The second kappa shape index (κ2) is 7.50. The third kappa shape index (κ3) is 4.11. The minimum atomic E-state index is -4.70. The quantitative estimate of drug-likeness (QED) is 0.414. The average Bonchev–Trinajstić information content (AvgIpc) is 3.10. The van der Waals surface area contributed by atoms with E-state index in [9.17, 15) is 22.4 Å². The monoisotopic (exact) mass is 428 g/mol. The molecular formula is C22H16F4N4O. The molecule has 31 heavy (non-hydrogen) atoms. The van der Waals surface area contributed by atoms with E-state index in [1.54, 1.807) is 25.1 Å². The molecule has 2 aromatic carbocycles. The Kier molecular flexibility index (Phi) is 4.96. The van der Waals surface area contributed by atoms with Crippen molar-refractivity contribution in [1.82, 2.24) is 15.0 Å². The Labute approximate surface area is 174 Å². The number of nitrogens with one attached hydrogen (secondary N) is 2. The number of carbonyl (C=O) groups is 1. The molecule has 0 unspecified atom stereocenters. The number of aromatic amines is 1. The van der Waals surface area contributed by atoms with Crippen molar-refractivity contribution in [2.24, 2.45) is 0 Å². The lowest BCUT2D eigenvalue weighted by atomic mass is 10.1. The number of fused-ring (bicyclic) bond motifs is 1. The molecule has 0 saturated heterocycles. The first-order valence-electron chi connectivity index (χ1n) is 9.24. The van der Waals surface area contributed by atoms with Crippen molar-refractivity contribution in [3.05, 3.63) is 76.7 Å². The molecule has 5 nitrogen and oxygen atoms in total. The van der Waals surface area contributed by atoms with E-state index < -0.39 is 29.0 Å². The molecular weight excluding hydrogens is 412 g/mol. The minimum Gasteiger partial charge on any atom is -0.338 e. The van der Waals surface area contributed by atoms with E-state index in [0.717, 1.165) is 23.4 Å². The Bertz CT molecular complexity index is 1290. The van der Waals surface area contributed by atoms with Crippen LogP contribution in [-0.4, -0.2) is 20.9 Å². The zero-order chi connectivity index (χ0) is 22.3. The van der Waals surface area contributed by atoms with Crippen molar-refractivity contribution >= 4 is 22.8 Å². The van der Waals surface area contributed by atoms with Crippen LogP contribution >= 0.6 is 0 Å². The molecule has 9 heteroatoms. The number of rotatable bonds is 3. The third-order valence-electron chi connectivity index (χ3n) is 4.64. The fraction of sp³-hybridized carbons (Fsp3) is 0.136. The van der Waals surface area contributed by atoms with Gasteiger partial charge in [-0.2, -0.15) is 13.2 Å². The molecule has 0 aliphatic heterocycles. The Morgan fingerprint density at radius 1 is 1.03 bits per heavy atom. The van der Waals surface area contributed by atoms with Crippen LogP contribution in [0.3, 0.4) is 0 Å². The van der Waals surface area contributed by atoms with E-state index in [1.807, 2.05) is 13.0 Å². The summed E-state index contributed by atoms with van der Waals surface area (Å²) in [7, 11) is 0. The summed E-state index contributed by atoms with van der Waals surface area (Å²) in [5.74, 6) is -1.19. The van der Waals surface area contributed by atoms with E-state index in [2.05, 4.69) is 20.3 Å². The second-order valence-electron chi connectivity index (χ2n) is 7.10. The van der Waals surface area contributed by atoms with Crippen molar-refractivity contribution < 1.29 is 22.4 Å². The highest BCUT2D eigenvalue weighted by Gasteiger charge is 2.34. The van der Waals surface area contributed by atoms with E-state index in [1.165, 1.54) is 6.07 Å². The Morgan fingerprint density at radius 2 is 1.81 bits per heavy atom. The lowest BCUT2D eigenvalue weighted by Gasteiger charge is -2.11. The number of aromatic nitrogens is 3. The number of benzene rings is 2. The Morgan fingerprint density at radius 3 is 2.52 bits per heavy atom. The highest BCUT2D eigenvalue weighted by molar-refractivity contribution is 6.11. The topological polar surface area (TPSA) is 70.7 Å². The molecule has 0 saturated carbocycles. The summed E-state index contributed by atoms with van der Waals surface area (Å²) in [5.41, 5.74) is 0.815. The van der Waals surface area contributed by atoms with Gasteiger partial charge in [0.1, 0.15) is 23.0 Å². The summed E-state index contributed by atoms with van der Waals surface area (Å²) in [4.78, 5) is 24.0. The fourth-order valence-corrected chi connectivity index (χ4v) is 3.39. The van der Waals surface area contributed by atoms with Crippen LogP contribution in [0.25, 0.3) is 22.4 Å². The van der Waals surface area contributed by atoms with Gasteiger partial charge in [0.25, 0.3) is 5.91 Å². The molecule has 0 fully saturated rings. The van der Waals surface area contributed by atoms with Gasteiger partial charge in [-0.05, 0) is 61.9 Å². The van der Waals surface area contributed by atoms with E-state index in [4.69, 9.17) is 0 Å². The molecule has 0 radical (unpaired) electrons. The van der Waals surface area contributed by atoms with Gasteiger partial charge >= 0.3 is 6.18 Å². The number of nitrogens with zero attached hydrogens (tertiary/aromatic N) is 2. The number of halogens is 4. The first-order chi connectivity index (χ1) is 14.6. The maximum atomic E-state index is 13.7. The van der Waals surface area contributed by atoms with Crippen LogP contribution in [0, 0.1) is 19.7 Å². The molecule has 0 atom stereocenters. The molecule has 1 amide bonds. The lowest BCUT2D eigenvalue weighted by molar-refractivity contribution is -0.137. The molecule has 158 valence electrons. The van der Waals surface area contributed by atoms with Gasteiger partial charge in [-0.1, -0.05) is 6.07 Å². The average molecular weight is 428 g/mol. The molecule has 2 heterocycles. The predicted molar refractivity (Wildman–Crippen MR) is 108 cm³/mol. The van der Waals surface area contributed by atoms with Crippen LogP contribution in [0.4, 0.5) is 23.4 Å². The molecule has 0 aliphatic rings. The number of alkyl halides is 3. The maximum Gasteiger partial charge on any atom is 0.417 e. The SMILES string of the molecule is Cc1cc(C)nc(NC(=O)c2cccc3[nH]c(-c4cc(F)ccc4C(F)(F)F)nc23)c1. The summed E-state index contributed by atoms with van der Waals surface area (Å²) < 4.78 is 53.9. The normalized spacial score (nSPS) is 11.7. The largest absolute Gasteiger partial charge is 0.417 e.